The number of nitrogens with zero attached hydrogens (tertiary/aromatic N) is 2. The van der Waals surface area contributed by atoms with Gasteiger partial charge < -0.3 is 9.47 Å². The fraction of sp³-hybridized carbons (Fsp3) is 0.136. The van der Waals surface area contributed by atoms with Gasteiger partial charge in [0.15, 0.2) is 0 Å². The van der Waals surface area contributed by atoms with Crippen LogP contribution in [0.1, 0.15) is 22.3 Å². The fourth-order valence-corrected chi connectivity index (χ4v) is 2.50. The monoisotopic (exact) mass is 358 g/mol. The topological polar surface area (TPSA) is 71.7 Å². The molecule has 134 valence electrons. The smallest absolute Gasteiger partial charge is 0.343 e. The highest BCUT2D eigenvalue weighted by atomic mass is 16.5. The first kappa shape index (κ1) is 18.2. The number of ether oxygens (including phenoxy) is 2. The third kappa shape index (κ3) is 4.93. The van der Waals surface area contributed by atoms with E-state index in [1.165, 1.54) is 0 Å². The Morgan fingerprint density at radius 3 is 2.52 bits per heavy atom. The number of esters is 1. The van der Waals surface area contributed by atoms with Gasteiger partial charge in [-0.3, -0.25) is 4.99 Å². The van der Waals surface area contributed by atoms with Crippen molar-refractivity contribution in [1.82, 2.24) is 0 Å². The summed E-state index contributed by atoms with van der Waals surface area (Å²) in [7, 11) is 1.58. The number of carbonyl (C=O) groups excluding carboxylic acids is 1. The Morgan fingerprint density at radius 2 is 1.93 bits per heavy atom. The van der Waals surface area contributed by atoms with E-state index in [4.69, 9.17) is 14.7 Å². The summed E-state index contributed by atoms with van der Waals surface area (Å²) in [6, 6.07) is 15.9. The molecule has 0 aromatic heterocycles. The lowest BCUT2D eigenvalue weighted by Crippen LogP contribution is -2.08. The Labute approximate surface area is 157 Å². The minimum atomic E-state index is -0.404. The maximum atomic E-state index is 12.2. The standard InChI is InChI=1S/C22H18N2O3/c1-26-20-12-6-18(7-13-20)22(25)27-21-10-4-17(5-11-21)15-24-19-8-2-16(14-23)3-9-19/h2-4,6-13,15,17H,5H2,1H3. The summed E-state index contributed by atoms with van der Waals surface area (Å²) in [6.45, 7) is 0. The summed E-state index contributed by atoms with van der Waals surface area (Å²) < 4.78 is 10.5. The van der Waals surface area contributed by atoms with Crippen molar-refractivity contribution in [2.45, 2.75) is 6.42 Å². The van der Waals surface area contributed by atoms with Crippen molar-refractivity contribution < 1.29 is 14.3 Å². The second-order valence-corrected chi connectivity index (χ2v) is 5.92. The molecule has 1 aliphatic carbocycles. The predicted octanol–water partition coefficient (Wildman–Crippen LogP) is 4.59. The molecular weight excluding hydrogens is 340 g/mol. The Bertz CT molecular complexity index is 933. The van der Waals surface area contributed by atoms with Crippen LogP contribution in [0.25, 0.3) is 0 Å². The van der Waals surface area contributed by atoms with E-state index in [0.29, 0.717) is 29.1 Å². The Morgan fingerprint density at radius 1 is 1.19 bits per heavy atom. The highest BCUT2D eigenvalue weighted by Crippen LogP contribution is 2.20. The Kier molecular flexibility index (Phi) is 5.80. The molecule has 0 fully saturated rings. The summed E-state index contributed by atoms with van der Waals surface area (Å²) in [6.07, 6.45) is 8.14. The van der Waals surface area contributed by atoms with Crippen molar-refractivity contribution in [3.63, 3.8) is 0 Å². The normalized spacial score (nSPS) is 15.9. The number of carbonyl (C=O) groups is 1. The molecule has 1 aliphatic rings. The predicted molar refractivity (Wildman–Crippen MR) is 103 cm³/mol. The summed E-state index contributed by atoms with van der Waals surface area (Å²) >= 11 is 0. The molecule has 3 rings (SSSR count). The molecule has 0 heterocycles. The first-order valence-electron chi connectivity index (χ1n) is 8.47. The fourth-order valence-electron chi connectivity index (χ4n) is 2.50. The SMILES string of the molecule is COc1ccc(C(=O)OC2=CCC(C=Nc3ccc(C#N)cc3)C=C2)cc1. The lowest BCUT2D eigenvalue weighted by atomic mass is 10.0. The maximum Gasteiger partial charge on any atom is 0.343 e. The zero-order valence-electron chi connectivity index (χ0n) is 14.8. The molecule has 0 N–H and O–H groups in total. The van der Waals surface area contributed by atoms with Crippen LogP contribution in [0, 0.1) is 17.2 Å². The maximum absolute atomic E-state index is 12.2. The van der Waals surface area contributed by atoms with Gasteiger partial charge >= 0.3 is 5.97 Å². The average molecular weight is 358 g/mol. The molecule has 1 atom stereocenters. The number of allylic oxidation sites excluding steroid dienone is 3. The van der Waals surface area contributed by atoms with Crippen LogP contribution in [0.4, 0.5) is 5.69 Å². The Hall–Kier alpha value is -3.65. The number of hydrogen-bond donors (Lipinski definition) is 0. The van der Waals surface area contributed by atoms with Crippen molar-refractivity contribution in [3.05, 3.63) is 83.6 Å². The van der Waals surface area contributed by atoms with Gasteiger partial charge in [0, 0.05) is 12.1 Å². The van der Waals surface area contributed by atoms with Crippen molar-refractivity contribution in [1.29, 1.82) is 5.26 Å². The minimum Gasteiger partial charge on any atom is -0.497 e. The summed E-state index contributed by atoms with van der Waals surface area (Å²) in [5, 5.41) is 8.80. The molecule has 5 heteroatoms. The zero-order valence-corrected chi connectivity index (χ0v) is 14.8. The van der Waals surface area contributed by atoms with E-state index in [9.17, 15) is 4.79 Å². The van der Waals surface area contributed by atoms with Crippen molar-refractivity contribution in [2.75, 3.05) is 7.11 Å². The highest BCUT2D eigenvalue weighted by molar-refractivity contribution is 5.90. The third-order valence-corrected chi connectivity index (χ3v) is 4.05. The number of hydrogen-bond acceptors (Lipinski definition) is 5. The van der Waals surface area contributed by atoms with Gasteiger partial charge in [-0.05, 0) is 67.1 Å². The van der Waals surface area contributed by atoms with Gasteiger partial charge in [-0.2, -0.15) is 5.26 Å². The van der Waals surface area contributed by atoms with Gasteiger partial charge in [-0.25, -0.2) is 4.79 Å². The van der Waals surface area contributed by atoms with Crippen LogP contribution in [0.2, 0.25) is 0 Å². The first-order valence-corrected chi connectivity index (χ1v) is 8.47. The van der Waals surface area contributed by atoms with Gasteiger partial charge in [-0.1, -0.05) is 6.08 Å². The molecule has 0 bridgehead atoms. The number of methoxy groups -OCH3 is 1. The largest absolute Gasteiger partial charge is 0.497 e. The van der Waals surface area contributed by atoms with Crippen LogP contribution in [0.5, 0.6) is 5.75 Å². The number of nitriles is 1. The molecule has 27 heavy (non-hydrogen) atoms. The van der Waals surface area contributed by atoms with E-state index in [0.717, 1.165) is 5.69 Å². The van der Waals surface area contributed by atoms with Crippen LogP contribution < -0.4 is 4.74 Å². The van der Waals surface area contributed by atoms with Crippen LogP contribution in [-0.4, -0.2) is 19.3 Å². The average Bonchev–Trinajstić information content (AvgIpc) is 2.73. The molecule has 2 aromatic rings. The van der Waals surface area contributed by atoms with Gasteiger partial charge in [0.05, 0.1) is 30.0 Å². The van der Waals surface area contributed by atoms with Crippen molar-refractivity contribution >= 4 is 17.9 Å². The van der Waals surface area contributed by atoms with Crippen LogP contribution >= 0.6 is 0 Å². The molecule has 0 aliphatic heterocycles. The Balaban J connectivity index is 1.54. The highest BCUT2D eigenvalue weighted by Gasteiger charge is 2.12. The van der Waals surface area contributed by atoms with Gasteiger partial charge in [0.1, 0.15) is 11.5 Å². The first-order chi connectivity index (χ1) is 13.2. The van der Waals surface area contributed by atoms with Crippen LogP contribution in [0.15, 0.2) is 77.5 Å². The van der Waals surface area contributed by atoms with Gasteiger partial charge in [-0.15, -0.1) is 0 Å². The lowest BCUT2D eigenvalue weighted by Gasteiger charge is -2.12. The minimum absolute atomic E-state index is 0.129. The van der Waals surface area contributed by atoms with Gasteiger partial charge in [0.2, 0.25) is 0 Å². The van der Waals surface area contributed by atoms with Gasteiger partial charge in [0.25, 0.3) is 0 Å². The number of benzene rings is 2. The van der Waals surface area contributed by atoms with Crippen molar-refractivity contribution in [2.24, 2.45) is 10.9 Å². The molecule has 0 spiro atoms. The van der Waals surface area contributed by atoms with E-state index in [-0.39, 0.29) is 5.92 Å². The molecule has 0 saturated carbocycles. The van der Waals surface area contributed by atoms with Crippen LogP contribution in [0.3, 0.4) is 0 Å². The molecule has 5 nitrogen and oxygen atoms in total. The second kappa shape index (κ2) is 8.63. The summed E-state index contributed by atoms with van der Waals surface area (Å²) in [5.41, 5.74) is 1.87. The molecule has 0 saturated heterocycles. The van der Waals surface area contributed by atoms with Crippen molar-refractivity contribution in [3.8, 4) is 11.8 Å². The molecular formula is C22H18N2O3. The molecule has 1 unspecified atom stereocenters. The van der Waals surface area contributed by atoms with E-state index < -0.39 is 5.97 Å². The zero-order chi connectivity index (χ0) is 19.1. The number of rotatable bonds is 5. The van der Waals surface area contributed by atoms with E-state index in [2.05, 4.69) is 11.1 Å². The third-order valence-electron chi connectivity index (χ3n) is 4.05. The van der Waals surface area contributed by atoms with E-state index in [1.54, 1.807) is 61.7 Å². The second-order valence-electron chi connectivity index (χ2n) is 5.92. The lowest BCUT2D eigenvalue weighted by molar-refractivity contribution is 0.0635. The van der Waals surface area contributed by atoms with E-state index in [1.807, 2.05) is 18.4 Å². The van der Waals surface area contributed by atoms with E-state index >= 15 is 0 Å². The summed E-state index contributed by atoms with van der Waals surface area (Å²) in [5.74, 6) is 0.939. The molecule has 0 amide bonds. The number of aliphatic imine (C=N–C) groups is 1. The molecule has 2 aromatic carbocycles. The quantitative estimate of drug-likeness (QED) is 0.579. The molecule has 0 radical (unpaired) electrons. The van der Waals surface area contributed by atoms with Crippen LogP contribution in [-0.2, 0) is 4.74 Å². The summed E-state index contributed by atoms with van der Waals surface area (Å²) in [4.78, 5) is 16.6.